The number of nitrogens with zero attached hydrogens (tertiary/aromatic N) is 1. The standard InChI is InChI=1S/C12H28N4/c1-11(2)10-15-8-6-4-5-7-9-16-12(13)14-3/h11,15H,4-10H2,1-3H3,(H3,13,14,16). The van der Waals surface area contributed by atoms with Crippen LogP contribution >= 0.6 is 0 Å². The summed E-state index contributed by atoms with van der Waals surface area (Å²) in [6, 6.07) is 0. The highest BCUT2D eigenvalue weighted by atomic mass is 15.1. The third-order valence-corrected chi connectivity index (χ3v) is 2.38. The van der Waals surface area contributed by atoms with Gasteiger partial charge in [0, 0.05) is 13.6 Å². The van der Waals surface area contributed by atoms with Gasteiger partial charge in [-0.2, -0.15) is 0 Å². The second-order valence-electron chi connectivity index (χ2n) is 4.55. The van der Waals surface area contributed by atoms with Gasteiger partial charge in [0.25, 0.3) is 0 Å². The average molecular weight is 228 g/mol. The van der Waals surface area contributed by atoms with E-state index in [0.717, 1.165) is 25.6 Å². The number of aliphatic imine (C=N–C) groups is 1. The van der Waals surface area contributed by atoms with E-state index in [0.29, 0.717) is 5.96 Å². The summed E-state index contributed by atoms with van der Waals surface area (Å²) < 4.78 is 0. The predicted molar refractivity (Wildman–Crippen MR) is 71.7 cm³/mol. The Kier molecular flexibility index (Phi) is 10.2. The molecule has 0 aromatic rings. The van der Waals surface area contributed by atoms with E-state index in [2.05, 4.69) is 29.5 Å². The molecule has 4 heteroatoms. The second kappa shape index (κ2) is 10.7. The van der Waals surface area contributed by atoms with E-state index in [9.17, 15) is 0 Å². The van der Waals surface area contributed by atoms with Gasteiger partial charge in [0.1, 0.15) is 0 Å². The molecule has 0 aromatic heterocycles. The van der Waals surface area contributed by atoms with E-state index in [1.165, 1.54) is 25.7 Å². The molecule has 0 saturated carbocycles. The van der Waals surface area contributed by atoms with Gasteiger partial charge in [-0.1, -0.05) is 26.7 Å². The van der Waals surface area contributed by atoms with E-state index in [-0.39, 0.29) is 0 Å². The van der Waals surface area contributed by atoms with Gasteiger partial charge in [-0.25, -0.2) is 0 Å². The fourth-order valence-corrected chi connectivity index (χ4v) is 1.41. The highest BCUT2D eigenvalue weighted by Gasteiger charge is 1.94. The molecule has 0 aliphatic carbocycles. The summed E-state index contributed by atoms with van der Waals surface area (Å²) in [4.78, 5) is 3.84. The molecule has 0 spiro atoms. The van der Waals surface area contributed by atoms with E-state index < -0.39 is 0 Å². The van der Waals surface area contributed by atoms with Crippen LogP contribution in [-0.4, -0.2) is 32.6 Å². The Bertz CT molecular complexity index is 178. The molecule has 0 unspecified atom stereocenters. The summed E-state index contributed by atoms with van der Waals surface area (Å²) in [5.41, 5.74) is 5.51. The van der Waals surface area contributed by atoms with Gasteiger partial charge < -0.3 is 16.4 Å². The molecule has 4 nitrogen and oxygen atoms in total. The highest BCUT2D eigenvalue weighted by molar-refractivity contribution is 5.77. The van der Waals surface area contributed by atoms with Crippen molar-refractivity contribution in [1.82, 2.24) is 10.6 Å². The van der Waals surface area contributed by atoms with Crippen molar-refractivity contribution in [1.29, 1.82) is 0 Å². The van der Waals surface area contributed by atoms with Crippen molar-refractivity contribution >= 4 is 5.96 Å². The maximum Gasteiger partial charge on any atom is 0.188 e. The summed E-state index contributed by atoms with van der Waals surface area (Å²) in [7, 11) is 1.70. The van der Waals surface area contributed by atoms with Crippen molar-refractivity contribution in [3.8, 4) is 0 Å². The molecule has 0 rings (SSSR count). The van der Waals surface area contributed by atoms with Crippen molar-refractivity contribution in [3.63, 3.8) is 0 Å². The minimum absolute atomic E-state index is 0.540. The van der Waals surface area contributed by atoms with Crippen LogP contribution in [0.5, 0.6) is 0 Å². The molecule has 0 atom stereocenters. The van der Waals surface area contributed by atoms with Crippen molar-refractivity contribution in [2.24, 2.45) is 16.6 Å². The fourth-order valence-electron chi connectivity index (χ4n) is 1.41. The minimum Gasteiger partial charge on any atom is -0.370 e. The number of nitrogens with one attached hydrogen (secondary N) is 2. The van der Waals surface area contributed by atoms with E-state index in [4.69, 9.17) is 5.73 Å². The van der Waals surface area contributed by atoms with Gasteiger partial charge in [-0.3, -0.25) is 4.99 Å². The molecule has 0 aromatic carbocycles. The van der Waals surface area contributed by atoms with Crippen molar-refractivity contribution < 1.29 is 0 Å². The van der Waals surface area contributed by atoms with Crippen molar-refractivity contribution in [2.45, 2.75) is 39.5 Å². The maximum atomic E-state index is 5.51. The van der Waals surface area contributed by atoms with E-state index in [1.54, 1.807) is 7.05 Å². The zero-order chi connectivity index (χ0) is 12.2. The Hall–Kier alpha value is -0.770. The quantitative estimate of drug-likeness (QED) is 0.317. The molecule has 0 aliphatic rings. The SMILES string of the molecule is CN=C(N)NCCCCCCNCC(C)C. The normalized spacial score (nSPS) is 12.1. The first-order chi connectivity index (χ1) is 7.66. The van der Waals surface area contributed by atoms with Crippen LogP contribution in [0.4, 0.5) is 0 Å². The van der Waals surface area contributed by atoms with Crippen LogP contribution in [0, 0.1) is 5.92 Å². The molecule has 4 N–H and O–H groups in total. The topological polar surface area (TPSA) is 62.4 Å². The molecule has 0 saturated heterocycles. The second-order valence-corrected chi connectivity index (χ2v) is 4.55. The Labute approximate surface area is 100 Å². The number of hydrogen-bond donors (Lipinski definition) is 3. The molecule has 0 aliphatic heterocycles. The average Bonchev–Trinajstić information content (AvgIpc) is 2.26. The largest absolute Gasteiger partial charge is 0.370 e. The Balaban J connectivity index is 3.04. The Morgan fingerprint density at radius 2 is 1.75 bits per heavy atom. The van der Waals surface area contributed by atoms with Crippen LogP contribution in [0.15, 0.2) is 4.99 Å². The van der Waals surface area contributed by atoms with Crippen LogP contribution in [0.2, 0.25) is 0 Å². The predicted octanol–water partition coefficient (Wildman–Crippen LogP) is 1.33. The summed E-state index contributed by atoms with van der Waals surface area (Å²) in [6.45, 7) is 7.68. The number of guanidine groups is 1. The van der Waals surface area contributed by atoms with Crippen LogP contribution in [0.25, 0.3) is 0 Å². The van der Waals surface area contributed by atoms with Gasteiger partial charge in [0.2, 0.25) is 0 Å². The van der Waals surface area contributed by atoms with Crippen molar-refractivity contribution in [2.75, 3.05) is 26.7 Å². The molecule has 0 amide bonds. The minimum atomic E-state index is 0.540. The molecule has 0 heterocycles. The molecule has 0 radical (unpaired) electrons. The summed E-state index contributed by atoms with van der Waals surface area (Å²) in [6.07, 6.45) is 4.98. The van der Waals surface area contributed by atoms with Gasteiger partial charge in [-0.05, 0) is 31.8 Å². The molecular weight excluding hydrogens is 200 g/mol. The molecule has 96 valence electrons. The first-order valence-electron chi connectivity index (χ1n) is 6.33. The zero-order valence-electron chi connectivity index (χ0n) is 11.1. The molecule has 0 fully saturated rings. The number of rotatable bonds is 9. The number of hydrogen-bond acceptors (Lipinski definition) is 2. The van der Waals surface area contributed by atoms with E-state index in [1.807, 2.05) is 0 Å². The maximum absolute atomic E-state index is 5.51. The van der Waals surface area contributed by atoms with Crippen LogP contribution in [0.1, 0.15) is 39.5 Å². The van der Waals surface area contributed by atoms with Gasteiger partial charge in [0.05, 0.1) is 0 Å². The molecule has 0 bridgehead atoms. The zero-order valence-corrected chi connectivity index (χ0v) is 11.1. The molecule has 16 heavy (non-hydrogen) atoms. The Morgan fingerprint density at radius 1 is 1.12 bits per heavy atom. The lowest BCUT2D eigenvalue weighted by molar-refractivity contribution is 0.525. The van der Waals surface area contributed by atoms with Gasteiger partial charge >= 0.3 is 0 Å². The van der Waals surface area contributed by atoms with Crippen LogP contribution in [-0.2, 0) is 0 Å². The Morgan fingerprint density at radius 3 is 2.31 bits per heavy atom. The lowest BCUT2D eigenvalue weighted by Gasteiger charge is -2.07. The first-order valence-corrected chi connectivity index (χ1v) is 6.33. The lowest BCUT2D eigenvalue weighted by atomic mass is 10.2. The van der Waals surface area contributed by atoms with Gasteiger partial charge in [-0.15, -0.1) is 0 Å². The highest BCUT2D eigenvalue weighted by Crippen LogP contribution is 1.98. The molecular formula is C12H28N4. The van der Waals surface area contributed by atoms with Crippen LogP contribution < -0.4 is 16.4 Å². The monoisotopic (exact) mass is 228 g/mol. The fraction of sp³-hybridized carbons (Fsp3) is 0.917. The first kappa shape index (κ1) is 15.2. The lowest BCUT2D eigenvalue weighted by Crippen LogP contribution is -2.32. The van der Waals surface area contributed by atoms with Crippen LogP contribution in [0.3, 0.4) is 0 Å². The van der Waals surface area contributed by atoms with Crippen molar-refractivity contribution in [3.05, 3.63) is 0 Å². The number of unbranched alkanes of at least 4 members (excludes halogenated alkanes) is 3. The third-order valence-electron chi connectivity index (χ3n) is 2.38. The van der Waals surface area contributed by atoms with E-state index >= 15 is 0 Å². The number of nitrogens with two attached hydrogens (primary N) is 1. The third kappa shape index (κ3) is 11.3. The summed E-state index contributed by atoms with van der Waals surface area (Å²) in [5, 5.41) is 6.51. The summed E-state index contributed by atoms with van der Waals surface area (Å²) in [5.74, 6) is 1.29. The van der Waals surface area contributed by atoms with Gasteiger partial charge in [0.15, 0.2) is 5.96 Å². The smallest absolute Gasteiger partial charge is 0.188 e. The summed E-state index contributed by atoms with van der Waals surface area (Å²) >= 11 is 0.